The van der Waals surface area contributed by atoms with Crippen LogP contribution in [-0.2, 0) is 4.74 Å². The van der Waals surface area contributed by atoms with Crippen LogP contribution in [0.5, 0.6) is 0 Å². The molecule has 0 radical (unpaired) electrons. The van der Waals surface area contributed by atoms with Crippen molar-refractivity contribution in [1.82, 2.24) is 0 Å². The molecule has 1 rings (SSSR count). The lowest BCUT2D eigenvalue weighted by Gasteiger charge is -2.50. The van der Waals surface area contributed by atoms with Gasteiger partial charge in [-0.15, -0.1) is 0 Å². The molecule has 1 saturated heterocycles. The van der Waals surface area contributed by atoms with Crippen LogP contribution < -0.4 is 0 Å². The van der Waals surface area contributed by atoms with E-state index in [9.17, 15) is 0 Å². The predicted molar refractivity (Wildman–Crippen MR) is 70.6 cm³/mol. The van der Waals surface area contributed by atoms with E-state index in [1.54, 1.807) is 0 Å². The summed E-state index contributed by atoms with van der Waals surface area (Å²) in [5, 5.41) is 0. The van der Waals surface area contributed by atoms with Crippen molar-refractivity contribution in [1.29, 1.82) is 0 Å². The minimum absolute atomic E-state index is 0.0848. The highest BCUT2D eigenvalue weighted by Gasteiger charge is 2.68. The van der Waals surface area contributed by atoms with Gasteiger partial charge in [-0.05, 0) is 26.2 Å². The summed E-state index contributed by atoms with van der Waals surface area (Å²) in [6.45, 7) is 23.0. The molecule has 1 atom stereocenters. The minimum Gasteiger partial charge on any atom is -0.368 e. The third-order valence-corrected chi connectivity index (χ3v) is 6.15. The van der Waals surface area contributed by atoms with Crippen molar-refractivity contribution in [3.05, 3.63) is 0 Å². The van der Waals surface area contributed by atoms with E-state index in [4.69, 9.17) is 4.74 Å². The van der Waals surface area contributed by atoms with Gasteiger partial charge < -0.3 is 4.74 Å². The second kappa shape index (κ2) is 3.04. The molecule has 1 aliphatic rings. The molecule has 96 valence electrons. The molecule has 0 N–H and O–H groups in total. The van der Waals surface area contributed by atoms with Gasteiger partial charge in [-0.1, -0.05) is 48.5 Å². The molecular formula is C15H30O. The van der Waals surface area contributed by atoms with E-state index in [0.717, 1.165) is 0 Å². The van der Waals surface area contributed by atoms with Crippen LogP contribution in [0.1, 0.15) is 69.2 Å². The lowest BCUT2D eigenvalue weighted by Crippen LogP contribution is -2.53. The van der Waals surface area contributed by atoms with Gasteiger partial charge in [0.2, 0.25) is 0 Å². The molecule has 0 aliphatic carbocycles. The summed E-state index contributed by atoms with van der Waals surface area (Å²) in [5.41, 5.74) is 0.247. The normalized spacial score (nSPS) is 36.4. The quantitative estimate of drug-likeness (QED) is 0.584. The molecule has 0 bridgehead atoms. The predicted octanol–water partition coefficient (Wildman–Crippen LogP) is 4.65. The zero-order valence-electron chi connectivity index (χ0n) is 12.9. The van der Waals surface area contributed by atoms with Crippen LogP contribution in [0.2, 0.25) is 0 Å². The largest absolute Gasteiger partial charge is 0.368 e. The third-order valence-electron chi connectivity index (χ3n) is 6.15. The molecule has 1 nitrogen and oxygen atoms in total. The molecule has 0 aromatic rings. The van der Waals surface area contributed by atoms with Crippen LogP contribution in [0.4, 0.5) is 0 Å². The monoisotopic (exact) mass is 226 g/mol. The SMILES string of the molecule is CC(C)(C)C1(C)OC(C)(C)C(C)(C)C1(C)C. The van der Waals surface area contributed by atoms with Crippen molar-refractivity contribution in [2.75, 3.05) is 0 Å². The number of ether oxygens (including phenoxy) is 1. The Hall–Kier alpha value is -0.0400. The summed E-state index contributed by atoms with van der Waals surface area (Å²) in [6, 6.07) is 0. The maximum atomic E-state index is 6.53. The maximum Gasteiger partial charge on any atom is 0.0766 e. The highest BCUT2D eigenvalue weighted by atomic mass is 16.5. The smallest absolute Gasteiger partial charge is 0.0766 e. The molecule has 1 fully saturated rings. The Kier molecular flexibility index (Phi) is 2.67. The summed E-state index contributed by atoms with van der Waals surface area (Å²) in [4.78, 5) is 0. The van der Waals surface area contributed by atoms with Crippen molar-refractivity contribution >= 4 is 0 Å². The fraction of sp³-hybridized carbons (Fsp3) is 1.00. The van der Waals surface area contributed by atoms with Gasteiger partial charge in [0.15, 0.2) is 0 Å². The topological polar surface area (TPSA) is 9.23 Å². The summed E-state index contributed by atoms with van der Waals surface area (Å²) in [7, 11) is 0. The van der Waals surface area contributed by atoms with Crippen molar-refractivity contribution in [2.45, 2.75) is 80.4 Å². The van der Waals surface area contributed by atoms with Crippen molar-refractivity contribution in [2.24, 2.45) is 16.2 Å². The second-order valence-electron chi connectivity index (χ2n) is 8.15. The molecule has 1 aliphatic heterocycles. The molecule has 1 heteroatoms. The van der Waals surface area contributed by atoms with Crippen molar-refractivity contribution < 1.29 is 4.74 Å². The Bertz CT molecular complexity index is 291. The Morgan fingerprint density at radius 3 is 1.19 bits per heavy atom. The molecule has 0 aromatic heterocycles. The van der Waals surface area contributed by atoms with Crippen molar-refractivity contribution in [3.63, 3.8) is 0 Å². The van der Waals surface area contributed by atoms with Crippen LogP contribution in [-0.4, -0.2) is 11.2 Å². The first kappa shape index (κ1) is 14.0. The van der Waals surface area contributed by atoms with E-state index in [2.05, 4.69) is 69.2 Å². The maximum absolute atomic E-state index is 6.53. The highest BCUT2D eigenvalue weighted by Crippen LogP contribution is 2.66. The fourth-order valence-electron chi connectivity index (χ4n) is 3.20. The van der Waals surface area contributed by atoms with E-state index in [1.807, 2.05) is 0 Å². The van der Waals surface area contributed by atoms with Gasteiger partial charge in [0.25, 0.3) is 0 Å². The standard InChI is InChI=1S/C15H30O/c1-11(2,3)15(10)13(6,7)12(4,5)14(8,9)16-15/h1-10H3. The van der Waals surface area contributed by atoms with Gasteiger partial charge in [0.1, 0.15) is 0 Å². The average Bonchev–Trinajstić information content (AvgIpc) is 2.07. The van der Waals surface area contributed by atoms with Gasteiger partial charge in [-0.3, -0.25) is 0 Å². The van der Waals surface area contributed by atoms with Gasteiger partial charge in [0, 0.05) is 10.8 Å². The fourth-order valence-corrected chi connectivity index (χ4v) is 3.20. The van der Waals surface area contributed by atoms with Crippen LogP contribution >= 0.6 is 0 Å². The summed E-state index contributed by atoms with van der Waals surface area (Å²) >= 11 is 0. The third kappa shape index (κ3) is 1.33. The molecule has 0 aromatic carbocycles. The Morgan fingerprint density at radius 1 is 0.688 bits per heavy atom. The first-order valence-electron chi connectivity index (χ1n) is 6.41. The van der Waals surface area contributed by atoms with Crippen LogP contribution in [0.3, 0.4) is 0 Å². The lowest BCUT2D eigenvalue weighted by atomic mass is 9.52. The Morgan fingerprint density at radius 2 is 1.06 bits per heavy atom. The zero-order valence-corrected chi connectivity index (χ0v) is 12.9. The zero-order chi connectivity index (χ0) is 13.2. The van der Waals surface area contributed by atoms with Crippen LogP contribution in [0.15, 0.2) is 0 Å². The Balaban J connectivity index is 3.41. The highest BCUT2D eigenvalue weighted by molar-refractivity contribution is 5.16. The summed E-state index contributed by atoms with van der Waals surface area (Å²) < 4.78 is 6.53. The molecule has 1 unspecified atom stereocenters. The summed E-state index contributed by atoms with van der Waals surface area (Å²) in [5.74, 6) is 0. The van der Waals surface area contributed by atoms with E-state index in [0.29, 0.717) is 0 Å². The lowest BCUT2D eigenvalue weighted by molar-refractivity contribution is -0.159. The van der Waals surface area contributed by atoms with E-state index < -0.39 is 0 Å². The van der Waals surface area contributed by atoms with Gasteiger partial charge >= 0.3 is 0 Å². The summed E-state index contributed by atoms with van der Waals surface area (Å²) in [6.07, 6.45) is 0. The van der Waals surface area contributed by atoms with E-state index in [-0.39, 0.29) is 27.4 Å². The molecule has 0 saturated carbocycles. The number of hydrogen-bond acceptors (Lipinski definition) is 1. The Labute approximate surface area is 102 Å². The minimum atomic E-state index is -0.104. The molecule has 1 heterocycles. The van der Waals surface area contributed by atoms with Crippen molar-refractivity contribution in [3.8, 4) is 0 Å². The first-order chi connectivity index (χ1) is 6.71. The first-order valence-corrected chi connectivity index (χ1v) is 6.41. The van der Waals surface area contributed by atoms with E-state index >= 15 is 0 Å². The molecular weight excluding hydrogens is 196 g/mol. The number of rotatable bonds is 0. The van der Waals surface area contributed by atoms with Crippen LogP contribution in [0.25, 0.3) is 0 Å². The van der Waals surface area contributed by atoms with E-state index in [1.165, 1.54) is 0 Å². The van der Waals surface area contributed by atoms with Gasteiger partial charge in [0.05, 0.1) is 11.2 Å². The molecule has 0 amide bonds. The second-order valence-corrected chi connectivity index (χ2v) is 8.15. The molecule has 0 spiro atoms. The molecule has 16 heavy (non-hydrogen) atoms. The average molecular weight is 226 g/mol. The van der Waals surface area contributed by atoms with Gasteiger partial charge in [-0.2, -0.15) is 0 Å². The van der Waals surface area contributed by atoms with Crippen LogP contribution in [0, 0.1) is 16.2 Å². The van der Waals surface area contributed by atoms with Gasteiger partial charge in [-0.25, -0.2) is 0 Å². The number of hydrogen-bond donors (Lipinski definition) is 0.